The molecule has 2 N–H and O–H groups in total. The lowest BCUT2D eigenvalue weighted by Gasteiger charge is -2.21. The van der Waals surface area contributed by atoms with Crippen molar-refractivity contribution >= 4 is 40.3 Å². The summed E-state index contributed by atoms with van der Waals surface area (Å²) in [4.78, 5) is 14.7. The van der Waals surface area contributed by atoms with Crippen LogP contribution in [0.25, 0.3) is 0 Å². The number of benzene rings is 1. The summed E-state index contributed by atoms with van der Waals surface area (Å²) in [6.07, 6.45) is 0. The molecule has 0 saturated heterocycles. The van der Waals surface area contributed by atoms with Crippen LogP contribution in [0.15, 0.2) is 30.3 Å². The highest BCUT2D eigenvalue weighted by atomic mass is 35.5. The first-order valence-electron chi connectivity index (χ1n) is 5.95. The van der Waals surface area contributed by atoms with Crippen molar-refractivity contribution in [2.24, 2.45) is 0 Å². The van der Waals surface area contributed by atoms with Crippen molar-refractivity contribution in [3.8, 4) is 0 Å². The quantitative estimate of drug-likeness (QED) is 0.694. The predicted octanol–water partition coefficient (Wildman–Crippen LogP) is 3.41. The van der Waals surface area contributed by atoms with Crippen LogP contribution < -0.4 is 10.6 Å². The third kappa shape index (κ3) is 3.05. The number of thiophene rings is 1. The van der Waals surface area contributed by atoms with Gasteiger partial charge in [0.2, 0.25) is 0 Å². The Bertz CT molecular complexity index is 627. The Labute approximate surface area is 126 Å². The van der Waals surface area contributed by atoms with Gasteiger partial charge in [-0.15, -0.1) is 11.3 Å². The fraction of sp³-hybridized carbons (Fsp3) is 0.214. The second-order valence-corrected chi connectivity index (χ2v) is 6.09. The number of carbonyl (C=O) groups is 1. The van der Waals surface area contributed by atoms with Gasteiger partial charge in [0.05, 0.1) is 34.9 Å². The minimum absolute atomic E-state index is 0.376. The van der Waals surface area contributed by atoms with E-state index in [2.05, 4.69) is 0 Å². The largest absolute Gasteiger partial charge is 0.465 e. The molecule has 4 nitrogen and oxygen atoms in total. The normalized spacial score (nSPS) is 10.3. The maximum Gasteiger partial charge on any atom is 0.340 e. The van der Waals surface area contributed by atoms with E-state index in [0.717, 1.165) is 14.9 Å². The Balaban J connectivity index is 2.26. The van der Waals surface area contributed by atoms with Gasteiger partial charge < -0.3 is 15.4 Å². The first-order valence-corrected chi connectivity index (χ1v) is 7.14. The van der Waals surface area contributed by atoms with Gasteiger partial charge in [0, 0.05) is 11.9 Å². The van der Waals surface area contributed by atoms with Gasteiger partial charge in [-0.2, -0.15) is 0 Å². The number of para-hydroxylation sites is 1. The molecule has 0 aliphatic rings. The molecule has 0 aliphatic carbocycles. The molecule has 0 amide bonds. The summed E-state index contributed by atoms with van der Waals surface area (Å²) < 4.78 is 5.47. The third-order valence-electron chi connectivity index (χ3n) is 2.92. The van der Waals surface area contributed by atoms with Crippen LogP contribution in [0.1, 0.15) is 15.2 Å². The van der Waals surface area contributed by atoms with Gasteiger partial charge in [-0.05, 0) is 24.3 Å². The Morgan fingerprint density at radius 2 is 2.15 bits per heavy atom. The lowest BCUT2D eigenvalue weighted by atomic mass is 10.1. The first-order chi connectivity index (χ1) is 9.52. The number of halogens is 1. The third-order valence-corrected chi connectivity index (χ3v) is 4.14. The number of esters is 1. The number of carbonyl (C=O) groups excluding carboxylic acids is 1. The van der Waals surface area contributed by atoms with Crippen LogP contribution in [0, 0.1) is 0 Å². The van der Waals surface area contributed by atoms with Crippen LogP contribution in [0.2, 0.25) is 4.34 Å². The minimum Gasteiger partial charge on any atom is -0.465 e. The molecule has 0 saturated carbocycles. The van der Waals surface area contributed by atoms with Gasteiger partial charge in [0.25, 0.3) is 0 Å². The fourth-order valence-corrected chi connectivity index (χ4v) is 3.07. The zero-order chi connectivity index (χ0) is 14.7. The number of nitrogen functional groups attached to an aromatic ring is 1. The highest BCUT2D eigenvalue weighted by molar-refractivity contribution is 7.16. The number of rotatable bonds is 4. The first kappa shape index (κ1) is 14.7. The van der Waals surface area contributed by atoms with Crippen molar-refractivity contribution in [2.75, 3.05) is 24.8 Å². The monoisotopic (exact) mass is 310 g/mol. The summed E-state index contributed by atoms with van der Waals surface area (Å²) in [5.41, 5.74) is 7.64. The standard InChI is InChI=1S/C14H15ClN2O2S/c1-17(8-9-6-7-12(15)20-9)11-5-3-4-10(13(11)16)14(18)19-2/h3-7H,8,16H2,1-2H3. The fourth-order valence-electron chi connectivity index (χ4n) is 1.93. The van der Waals surface area contributed by atoms with Crippen molar-refractivity contribution < 1.29 is 9.53 Å². The molecule has 0 unspecified atom stereocenters. The maximum absolute atomic E-state index is 11.6. The van der Waals surface area contributed by atoms with Crippen molar-refractivity contribution in [3.63, 3.8) is 0 Å². The highest BCUT2D eigenvalue weighted by Gasteiger charge is 2.15. The molecule has 1 aromatic heterocycles. The number of nitrogens with two attached hydrogens (primary N) is 1. The summed E-state index contributed by atoms with van der Waals surface area (Å²) in [5, 5.41) is 0. The van der Waals surface area contributed by atoms with Crippen molar-refractivity contribution in [1.82, 2.24) is 0 Å². The second kappa shape index (κ2) is 6.15. The van der Waals surface area contributed by atoms with E-state index in [1.807, 2.05) is 30.1 Å². The molecule has 0 spiro atoms. The van der Waals surface area contributed by atoms with E-state index >= 15 is 0 Å². The van der Waals surface area contributed by atoms with Gasteiger partial charge in [-0.3, -0.25) is 0 Å². The molecule has 1 heterocycles. The van der Waals surface area contributed by atoms with Gasteiger partial charge in [-0.1, -0.05) is 17.7 Å². The molecule has 0 atom stereocenters. The lowest BCUT2D eigenvalue weighted by molar-refractivity contribution is 0.0602. The zero-order valence-corrected chi connectivity index (χ0v) is 12.8. The average molecular weight is 311 g/mol. The van der Waals surface area contributed by atoms with E-state index in [9.17, 15) is 4.79 Å². The molecular formula is C14H15ClN2O2S. The average Bonchev–Trinajstić information content (AvgIpc) is 2.83. The van der Waals surface area contributed by atoms with E-state index in [0.29, 0.717) is 17.8 Å². The van der Waals surface area contributed by atoms with E-state index in [1.165, 1.54) is 18.4 Å². The number of hydrogen-bond donors (Lipinski definition) is 1. The van der Waals surface area contributed by atoms with Crippen LogP contribution in [0.3, 0.4) is 0 Å². The Morgan fingerprint density at radius 3 is 2.75 bits per heavy atom. The Morgan fingerprint density at radius 1 is 1.40 bits per heavy atom. The van der Waals surface area contributed by atoms with Crippen LogP contribution in [0.4, 0.5) is 11.4 Å². The number of ether oxygens (including phenoxy) is 1. The number of methoxy groups -OCH3 is 1. The molecule has 1 aromatic carbocycles. The van der Waals surface area contributed by atoms with Crippen LogP contribution in [-0.4, -0.2) is 20.1 Å². The van der Waals surface area contributed by atoms with Crippen molar-refractivity contribution in [2.45, 2.75) is 6.54 Å². The Kier molecular flexibility index (Phi) is 4.52. The second-order valence-electron chi connectivity index (χ2n) is 4.29. The number of hydrogen-bond acceptors (Lipinski definition) is 5. The van der Waals surface area contributed by atoms with E-state index < -0.39 is 5.97 Å². The molecular weight excluding hydrogens is 296 g/mol. The minimum atomic E-state index is -0.433. The van der Waals surface area contributed by atoms with E-state index in [4.69, 9.17) is 22.1 Å². The summed E-state index contributed by atoms with van der Waals surface area (Å²) in [5.74, 6) is -0.433. The molecule has 0 fully saturated rings. The van der Waals surface area contributed by atoms with Gasteiger partial charge in [0.15, 0.2) is 0 Å². The summed E-state index contributed by atoms with van der Waals surface area (Å²) >= 11 is 7.44. The molecule has 106 valence electrons. The van der Waals surface area contributed by atoms with E-state index in [1.54, 1.807) is 12.1 Å². The van der Waals surface area contributed by atoms with Crippen LogP contribution in [0.5, 0.6) is 0 Å². The molecule has 0 bridgehead atoms. The summed E-state index contributed by atoms with van der Waals surface area (Å²) in [7, 11) is 3.26. The predicted molar refractivity (Wildman–Crippen MR) is 83.6 cm³/mol. The maximum atomic E-state index is 11.6. The highest BCUT2D eigenvalue weighted by Crippen LogP contribution is 2.29. The number of anilines is 2. The summed E-state index contributed by atoms with van der Waals surface area (Å²) in [6.45, 7) is 0.673. The molecule has 20 heavy (non-hydrogen) atoms. The van der Waals surface area contributed by atoms with Crippen molar-refractivity contribution in [1.29, 1.82) is 0 Å². The SMILES string of the molecule is COC(=O)c1cccc(N(C)Cc2ccc(Cl)s2)c1N. The van der Waals surface area contributed by atoms with Gasteiger partial charge >= 0.3 is 5.97 Å². The summed E-state index contributed by atoms with van der Waals surface area (Å²) in [6, 6.07) is 9.15. The Hall–Kier alpha value is -1.72. The van der Waals surface area contributed by atoms with Gasteiger partial charge in [0.1, 0.15) is 0 Å². The number of nitrogens with zero attached hydrogens (tertiary/aromatic N) is 1. The molecule has 2 rings (SSSR count). The zero-order valence-electron chi connectivity index (χ0n) is 11.2. The smallest absolute Gasteiger partial charge is 0.340 e. The topological polar surface area (TPSA) is 55.6 Å². The van der Waals surface area contributed by atoms with Crippen molar-refractivity contribution in [3.05, 3.63) is 45.1 Å². The van der Waals surface area contributed by atoms with Gasteiger partial charge in [-0.25, -0.2) is 4.79 Å². The van der Waals surface area contributed by atoms with E-state index in [-0.39, 0.29) is 0 Å². The lowest BCUT2D eigenvalue weighted by Crippen LogP contribution is -2.18. The van der Waals surface area contributed by atoms with Crippen LogP contribution in [-0.2, 0) is 11.3 Å². The molecule has 6 heteroatoms. The van der Waals surface area contributed by atoms with Crippen LogP contribution >= 0.6 is 22.9 Å². The molecule has 0 aliphatic heterocycles. The molecule has 2 aromatic rings. The molecule has 0 radical (unpaired) electrons.